The quantitative estimate of drug-likeness (QED) is 0.765. The molecule has 4 rings (SSSR count). The van der Waals surface area contributed by atoms with E-state index in [1.807, 2.05) is 0 Å². The van der Waals surface area contributed by atoms with Gasteiger partial charge in [0, 0.05) is 5.54 Å². The fourth-order valence-corrected chi connectivity index (χ4v) is 6.03. The van der Waals surface area contributed by atoms with Crippen LogP contribution in [0, 0.1) is 16.7 Å². The van der Waals surface area contributed by atoms with Gasteiger partial charge in [0.15, 0.2) is 0 Å². The van der Waals surface area contributed by atoms with E-state index < -0.39 is 0 Å². The van der Waals surface area contributed by atoms with Gasteiger partial charge in [0.25, 0.3) is 0 Å². The van der Waals surface area contributed by atoms with Crippen molar-refractivity contribution in [1.29, 1.82) is 0 Å². The van der Waals surface area contributed by atoms with Crippen molar-refractivity contribution in [3.63, 3.8) is 0 Å². The molecule has 16 heavy (non-hydrogen) atoms. The zero-order chi connectivity index (χ0) is 11.4. The third-order valence-electron chi connectivity index (χ3n) is 5.38. The van der Waals surface area contributed by atoms with Crippen molar-refractivity contribution < 1.29 is 0 Å². The van der Waals surface area contributed by atoms with Gasteiger partial charge in [0.2, 0.25) is 0 Å². The van der Waals surface area contributed by atoms with Crippen LogP contribution in [0.3, 0.4) is 0 Å². The summed E-state index contributed by atoms with van der Waals surface area (Å²) in [4.78, 5) is 0. The van der Waals surface area contributed by atoms with Gasteiger partial charge in [-0.2, -0.15) is 0 Å². The van der Waals surface area contributed by atoms with Crippen LogP contribution < -0.4 is 5.32 Å². The van der Waals surface area contributed by atoms with E-state index in [0.717, 1.165) is 5.92 Å². The number of nitrogens with one attached hydrogen (secondary N) is 1. The Hall–Kier alpha value is -0.0400. The summed E-state index contributed by atoms with van der Waals surface area (Å²) in [5.41, 5.74) is 1.85. The van der Waals surface area contributed by atoms with E-state index >= 15 is 0 Å². The van der Waals surface area contributed by atoms with E-state index in [1.54, 1.807) is 0 Å². The molecular weight excluding hydrogens is 194 g/mol. The van der Waals surface area contributed by atoms with Crippen LogP contribution in [0.15, 0.2) is 0 Å². The van der Waals surface area contributed by atoms with Crippen molar-refractivity contribution in [2.45, 2.75) is 71.3 Å². The van der Waals surface area contributed by atoms with Gasteiger partial charge in [-0.15, -0.1) is 0 Å². The highest BCUT2D eigenvalue weighted by Crippen LogP contribution is 2.66. The van der Waals surface area contributed by atoms with Crippen LogP contribution in [-0.2, 0) is 0 Å². The molecule has 0 aliphatic heterocycles. The monoisotopic (exact) mass is 221 g/mol. The molecule has 0 aromatic rings. The average Bonchev–Trinajstić information content (AvgIpc) is 2.08. The molecule has 2 unspecified atom stereocenters. The number of rotatable bonds is 3. The van der Waals surface area contributed by atoms with Crippen LogP contribution in [0.4, 0.5) is 0 Å². The van der Waals surface area contributed by atoms with E-state index in [-0.39, 0.29) is 0 Å². The molecule has 1 N–H and O–H groups in total. The topological polar surface area (TPSA) is 12.0 Å². The maximum Gasteiger partial charge on any atom is 0.0194 e. The lowest BCUT2D eigenvalue weighted by molar-refractivity contribution is -0.117. The molecule has 4 bridgehead atoms. The second-order valence-corrected chi connectivity index (χ2v) is 7.84. The van der Waals surface area contributed by atoms with Crippen LogP contribution in [0.5, 0.6) is 0 Å². The normalized spacial score (nSPS) is 54.6. The van der Waals surface area contributed by atoms with E-state index in [9.17, 15) is 0 Å². The Kier molecular flexibility index (Phi) is 2.25. The SMILES string of the molecule is CCCNC12CC3CC(C)(CC(C)(C3)C1)C2. The first-order chi connectivity index (χ1) is 7.47. The molecule has 1 heteroatoms. The highest BCUT2D eigenvalue weighted by atomic mass is 15.0. The summed E-state index contributed by atoms with van der Waals surface area (Å²) in [6, 6.07) is 0. The van der Waals surface area contributed by atoms with Crippen molar-refractivity contribution in [2.24, 2.45) is 16.7 Å². The van der Waals surface area contributed by atoms with Crippen LogP contribution >= 0.6 is 0 Å². The van der Waals surface area contributed by atoms with E-state index in [2.05, 4.69) is 26.1 Å². The van der Waals surface area contributed by atoms with Gasteiger partial charge >= 0.3 is 0 Å². The standard InChI is InChI=1S/C15H27N/c1-4-5-16-15-8-12-6-13(2,10-15)9-14(3,7-12)11-15/h12,16H,4-11H2,1-3H3. The third-order valence-corrected chi connectivity index (χ3v) is 5.38. The maximum absolute atomic E-state index is 3.93. The number of hydrogen-bond acceptors (Lipinski definition) is 1. The van der Waals surface area contributed by atoms with Gasteiger partial charge in [0.1, 0.15) is 0 Å². The zero-order valence-electron chi connectivity index (χ0n) is 11.2. The molecule has 2 atom stereocenters. The lowest BCUT2D eigenvalue weighted by Crippen LogP contribution is -2.64. The lowest BCUT2D eigenvalue weighted by atomic mass is 9.43. The zero-order valence-corrected chi connectivity index (χ0v) is 11.2. The van der Waals surface area contributed by atoms with Crippen molar-refractivity contribution in [2.75, 3.05) is 6.54 Å². The summed E-state index contributed by atoms with van der Waals surface area (Å²) in [5, 5.41) is 3.93. The van der Waals surface area contributed by atoms with Gasteiger partial charge in [-0.05, 0) is 68.2 Å². The second-order valence-electron chi connectivity index (χ2n) is 7.84. The third kappa shape index (κ3) is 1.63. The Morgan fingerprint density at radius 2 is 1.62 bits per heavy atom. The van der Waals surface area contributed by atoms with Crippen molar-refractivity contribution in [3.8, 4) is 0 Å². The van der Waals surface area contributed by atoms with Gasteiger partial charge in [0.05, 0.1) is 0 Å². The molecule has 0 heterocycles. The first kappa shape index (κ1) is 11.1. The minimum atomic E-state index is 0.527. The maximum atomic E-state index is 3.93. The molecule has 0 aromatic carbocycles. The van der Waals surface area contributed by atoms with Gasteiger partial charge in [-0.1, -0.05) is 20.8 Å². The Morgan fingerprint density at radius 1 is 1.00 bits per heavy atom. The molecule has 4 aliphatic rings. The largest absolute Gasteiger partial charge is 0.311 e. The molecule has 92 valence electrons. The molecular formula is C15H27N. The van der Waals surface area contributed by atoms with E-state index in [1.165, 1.54) is 51.5 Å². The van der Waals surface area contributed by atoms with Gasteiger partial charge < -0.3 is 5.32 Å². The van der Waals surface area contributed by atoms with E-state index in [0.29, 0.717) is 16.4 Å². The Balaban J connectivity index is 1.86. The fraction of sp³-hybridized carbons (Fsp3) is 1.00. The smallest absolute Gasteiger partial charge is 0.0194 e. The average molecular weight is 221 g/mol. The summed E-state index contributed by atoms with van der Waals surface area (Å²) in [7, 11) is 0. The van der Waals surface area contributed by atoms with Crippen LogP contribution in [0.1, 0.15) is 65.7 Å². The molecule has 0 amide bonds. The molecule has 0 radical (unpaired) electrons. The Labute approximate surface area is 100 Å². The molecule has 4 saturated carbocycles. The van der Waals surface area contributed by atoms with Gasteiger partial charge in [-0.25, -0.2) is 0 Å². The first-order valence-electron chi connectivity index (χ1n) is 7.22. The molecule has 0 aromatic heterocycles. The highest BCUT2D eigenvalue weighted by Gasteiger charge is 2.59. The minimum absolute atomic E-state index is 0.527. The predicted molar refractivity (Wildman–Crippen MR) is 68.4 cm³/mol. The summed E-state index contributed by atoms with van der Waals surface area (Å²) in [5.74, 6) is 1.02. The van der Waals surface area contributed by atoms with Crippen LogP contribution in [-0.4, -0.2) is 12.1 Å². The highest BCUT2D eigenvalue weighted by molar-refractivity contribution is 5.14. The van der Waals surface area contributed by atoms with Crippen LogP contribution in [0.25, 0.3) is 0 Å². The number of hydrogen-bond donors (Lipinski definition) is 1. The molecule has 4 aliphatic carbocycles. The molecule has 1 nitrogen and oxygen atoms in total. The van der Waals surface area contributed by atoms with E-state index in [4.69, 9.17) is 0 Å². The molecule has 0 spiro atoms. The minimum Gasteiger partial charge on any atom is -0.311 e. The summed E-state index contributed by atoms with van der Waals surface area (Å²) >= 11 is 0. The van der Waals surface area contributed by atoms with Crippen molar-refractivity contribution in [3.05, 3.63) is 0 Å². The second kappa shape index (κ2) is 3.25. The predicted octanol–water partition coefficient (Wildman–Crippen LogP) is 3.74. The Bertz CT molecular complexity index is 278. The molecule has 0 saturated heterocycles. The van der Waals surface area contributed by atoms with Gasteiger partial charge in [-0.3, -0.25) is 0 Å². The summed E-state index contributed by atoms with van der Waals surface area (Å²) in [6.07, 6.45) is 10.2. The Morgan fingerprint density at radius 3 is 2.12 bits per heavy atom. The fourth-order valence-electron chi connectivity index (χ4n) is 6.03. The summed E-state index contributed by atoms with van der Waals surface area (Å²) in [6.45, 7) is 8.62. The van der Waals surface area contributed by atoms with Crippen molar-refractivity contribution in [1.82, 2.24) is 5.32 Å². The van der Waals surface area contributed by atoms with Crippen LogP contribution in [0.2, 0.25) is 0 Å². The lowest BCUT2D eigenvalue weighted by Gasteiger charge is -2.65. The first-order valence-corrected chi connectivity index (χ1v) is 7.22. The summed E-state index contributed by atoms with van der Waals surface area (Å²) < 4.78 is 0. The molecule has 4 fully saturated rings. The van der Waals surface area contributed by atoms with Crippen molar-refractivity contribution >= 4 is 0 Å².